The Labute approximate surface area is 62.1 Å². The Hall–Kier alpha value is -0.660. The van der Waals surface area contributed by atoms with E-state index in [1.165, 1.54) is 12.8 Å². The Balaban J connectivity index is 2.37. The van der Waals surface area contributed by atoms with E-state index in [2.05, 4.69) is 16.9 Å². The van der Waals surface area contributed by atoms with Crippen molar-refractivity contribution in [2.75, 3.05) is 6.54 Å². The quantitative estimate of drug-likeness (QED) is 0.557. The third kappa shape index (κ3) is 1.94. The van der Waals surface area contributed by atoms with Gasteiger partial charge in [0.1, 0.15) is 5.84 Å². The van der Waals surface area contributed by atoms with Crippen LogP contribution in [0.15, 0.2) is 9.98 Å². The average Bonchev–Trinajstić information content (AvgIpc) is 1.95. The van der Waals surface area contributed by atoms with Crippen LogP contribution < -0.4 is 0 Å². The van der Waals surface area contributed by atoms with Crippen LogP contribution in [-0.2, 0) is 0 Å². The van der Waals surface area contributed by atoms with Crippen molar-refractivity contribution in [1.29, 1.82) is 0 Å². The van der Waals surface area contributed by atoms with Crippen LogP contribution in [0.5, 0.6) is 0 Å². The highest BCUT2D eigenvalue weighted by atomic mass is 14.9. The van der Waals surface area contributed by atoms with Gasteiger partial charge in [0.15, 0.2) is 0 Å². The topological polar surface area (TPSA) is 24.7 Å². The number of hydrogen-bond donors (Lipinski definition) is 0. The lowest BCUT2D eigenvalue weighted by molar-refractivity contribution is 0.628. The Morgan fingerprint density at radius 2 is 2.50 bits per heavy atom. The first-order chi connectivity index (χ1) is 4.83. The highest BCUT2D eigenvalue weighted by Gasteiger charge is 2.06. The van der Waals surface area contributed by atoms with Crippen molar-refractivity contribution in [3.05, 3.63) is 0 Å². The fourth-order valence-corrected chi connectivity index (χ4v) is 1.09. The third-order valence-electron chi connectivity index (χ3n) is 1.69. The van der Waals surface area contributed by atoms with Crippen LogP contribution in [-0.4, -0.2) is 18.6 Å². The van der Waals surface area contributed by atoms with Crippen LogP contribution >= 0.6 is 0 Å². The zero-order chi connectivity index (χ0) is 7.40. The molecule has 2 heteroatoms. The number of amidine groups is 1. The highest BCUT2D eigenvalue weighted by molar-refractivity contribution is 5.89. The summed E-state index contributed by atoms with van der Waals surface area (Å²) in [5.41, 5.74) is 0. The Bertz CT molecular complexity index is 159. The summed E-state index contributed by atoms with van der Waals surface area (Å²) in [6.45, 7) is 5.08. The first-order valence-corrected chi connectivity index (χ1v) is 3.88. The van der Waals surface area contributed by atoms with Crippen LogP contribution in [0.2, 0.25) is 0 Å². The van der Waals surface area contributed by atoms with Crippen LogP contribution in [0.25, 0.3) is 0 Å². The van der Waals surface area contributed by atoms with Gasteiger partial charge in [0.25, 0.3) is 0 Å². The second-order valence-corrected chi connectivity index (χ2v) is 2.71. The van der Waals surface area contributed by atoms with Crippen molar-refractivity contribution in [1.82, 2.24) is 0 Å². The summed E-state index contributed by atoms with van der Waals surface area (Å²) >= 11 is 0. The summed E-state index contributed by atoms with van der Waals surface area (Å²) in [4.78, 5) is 8.40. The molecule has 0 aromatic heterocycles. The molecule has 0 radical (unpaired) electrons. The van der Waals surface area contributed by atoms with Gasteiger partial charge < -0.3 is 0 Å². The molecule has 1 unspecified atom stereocenters. The normalized spacial score (nSPS) is 24.6. The molecule has 1 aliphatic rings. The molecule has 0 fully saturated rings. The predicted octanol–water partition coefficient (Wildman–Crippen LogP) is 1.91. The number of nitrogens with zero attached hydrogens (tertiary/aromatic N) is 2. The molecule has 10 heavy (non-hydrogen) atoms. The maximum atomic E-state index is 4.25. The molecule has 0 bridgehead atoms. The van der Waals surface area contributed by atoms with Gasteiger partial charge in [0.05, 0.1) is 0 Å². The summed E-state index contributed by atoms with van der Waals surface area (Å²) < 4.78 is 0. The predicted molar refractivity (Wildman–Crippen MR) is 44.9 cm³/mol. The third-order valence-corrected chi connectivity index (χ3v) is 1.69. The first kappa shape index (κ1) is 7.45. The summed E-state index contributed by atoms with van der Waals surface area (Å²) in [7, 11) is 0. The van der Waals surface area contributed by atoms with E-state index in [1.54, 1.807) is 0 Å². The van der Waals surface area contributed by atoms with Crippen molar-refractivity contribution in [3.63, 3.8) is 0 Å². The minimum absolute atomic E-state index is 0.605. The minimum atomic E-state index is 0.605. The highest BCUT2D eigenvalue weighted by Crippen LogP contribution is 2.07. The van der Waals surface area contributed by atoms with Crippen molar-refractivity contribution in [2.45, 2.75) is 26.7 Å². The SMILES string of the molecule is CCCC1C=NC(C)=NC1. The maximum absolute atomic E-state index is 4.25. The molecule has 0 aromatic rings. The van der Waals surface area contributed by atoms with E-state index in [0.717, 1.165) is 12.4 Å². The number of aliphatic imine (C=N–C) groups is 2. The fraction of sp³-hybridized carbons (Fsp3) is 0.750. The monoisotopic (exact) mass is 138 g/mol. The van der Waals surface area contributed by atoms with E-state index in [-0.39, 0.29) is 0 Å². The molecule has 56 valence electrons. The summed E-state index contributed by atoms with van der Waals surface area (Å²) in [6, 6.07) is 0. The Kier molecular flexibility index (Phi) is 2.60. The zero-order valence-corrected chi connectivity index (χ0v) is 6.67. The van der Waals surface area contributed by atoms with Gasteiger partial charge >= 0.3 is 0 Å². The molecule has 1 heterocycles. The van der Waals surface area contributed by atoms with Crippen molar-refractivity contribution >= 4 is 12.1 Å². The molecule has 1 aliphatic heterocycles. The molecule has 0 aliphatic carbocycles. The maximum Gasteiger partial charge on any atom is 0.119 e. The van der Waals surface area contributed by atoms with Crippen molar-refractivity contribution in [3.8, 4) is 0 Å². The summed E-state index contributed by atoms with van der Waals surface area (Å²) in [5, 5.41) is 0. The van der Waals surface area contributed by atoms with E-state index in [9.17, 15) is 0 Å². The van der Waals surface area contributed by atoms with Gasteiger partial charge in [0, 0.05) is 18.7 Å². The second-order valence-electron chi connectivity index (χ2n) is 2.71. The van der Waals surface area contributed by atoms with E-state index < -0.39 is 0 Å². The van der Waals surface area contributed by atoms with Gasteiger partial charge in [-0.05, 0) is 13.3 Å². The molecular formula is C8H14N2. The van der Waals surface area contributed by atoms with E-state index in [0.29, 0.717) is 5.92 Å². The lowest BCUT2D eigenvalue weighted by Gasteiger charge is -2.11. The smallest absolute Gasteiger partial charge is 0.119 e. The van der Waals surface area contributed by atoms with Crippen LogP contribution in [0.3, 0.4) is 0 Å². The minimum Gasteiger partial charge on any atom is -0.270 e. The van der Waals surface area contributed by atoms with Gasteiger partial charge in [-0.15, -0.1) is 0 Å². The van der Waals surface area contributed by atoms with Crippen molar-refractivity contribution in [2.24, 2.45) is 15.9 Å². The van der Waals surface area contributed by atoms with Gasteiger partial charge in [-0.1, -0.05) is 13.3 Å². The van der Waals surface area contributed by atoms with Gasteiger partial charge in [-0.2, -0.15) is 0 Å². The Morgan fingerprint density at radius 1 is 1.70 bits per heavy atom. The van der Waals surface area contributed by atoms with Crippen LogP contribution in [0, 0.1) is 5.92 Å². The molecule has 2 nitrogen and oxygen atoms in total. The fourth-order valence-electron chi connectivity index (χ4n) is 1.09. The number of hydrogen-bond acceptors (Lipinski definition) is 2. The molecular weight excluding hydrogens is 124 g/mol. The molecule has 0 N–H and O–H groups in total. The first-order valence-electron chi connectivity index (χ1n) is 3.88. The van der Waals surface area contributed by atoms with E-state index in [4.69, 9.17) is 0 Å². The largest absolute Gasteiger partial charge is 0.270 e. The van der Waals surface area contributed by atoms with E-state index in [1.807, 2.05) is 13.1 Å². The number of rotatable bonds is 2. The second kappa shape index (κ2) is 3.49. The molecule has 0 saturated carbocycles. The van der Waals surface area contributed by atoms with Crippen LogP contribution in [0.4, 0.5) is 0 Å². The lowest BCUT2D eigenvalue weighted by atomic mass is 10.1. The molecule has 0 aromatic carbocycles. The Morgan fingerprint density at radius 3 is 3.00 bits per heavy atom. The molecule has 0 amide bonds. The van der Waals surface area contributed by atoms with Gasteiger partial charge in [-0.3, -0.25) is 4.99 Å². The van der Waals surface area contributed by atoms with Crippen LogP contribution in [0.1, 0.15) is 26.7 Å². The van der Waals surface area contributed by atoms with Gasteiger partial charge in [0.2, 0.25) is 0 Å². The zero-order valence-electron chi connectivity index (χ0n) is 6.67. The molecule has 1 atom stereocenters. The van der Waals surface area contributed by atoms with E-state index >= 15 is 0 Å². The standard InChI is InChI=1S/C8H14N2/c1-3-4-8-5-9-7(2)10-6-8/h5,8H,3-4,6H2,1-2H3. The van der Waals surface area contributed by atoms with Gasteiger partial charge in [-0.25, -0.2) is 4.99 Å². The average molecular weight is 138 g/mol. The molecule has 0 spiro atoms. The summed E-state index contributed by atoms with van der Waals surface area (Å²) in [5.74, 6) is 1.53. The summed E-state index contributed by atoms with van der Waals surface area (Å²) in [6.07, 6.45) is 4.48. The van der Waals surface area contributed by atoms with Crippen molar-refractivity contribution < 1.29 is 0 Å². The lowest BCUT2D eigenvalue weighted by Crippen LogP contribution is -2.12. The molecule has 1 rings (SSSR count). The molecule has 0 saturated heterocycles.